The summed E-state index contributed by atoms with van der Waals surface area (Å²) in [6.07, 6.45) is 8.86. The summed E-state index contributed by atoms with van der Waals surface area (Å²) in [5.41, 5.74) is 19.4. The van der Waals surface area contributed by atoms with E-state index in [4.69, 9.17) is 0 Å². The number of benzene rings is 8. The third kappa shape index (κ3) is 5.76. The zero-order valence-electron chi connectivity index (χ0n) is 32.1. The maximum Gasteiger partial charge on any atom is 0.252 e. The van der Waals surface area contributed by atoms with Gasteiger partial charge in [-0.25, -0.2) is 0 Å². The molecular formula is C54H40BN3. The number of rotatable bonds is 7. The highest BCUT2D eigenvalue weighted by atomic mass is 15.2. The number of hydrogen-bond acceptors (Lipinski definition) is 3. The molecule has 0 bridgehead atoms. The number of hydrogen-bond donors (Lipinski definition) is 0. The third-order valence-corrected chi connectivity index (χ3v) is 11.9. The zero-order chi connectivity index (χ0) is 38.4. The lowest BCUT2D eigenvalue weighted by atomic mass is 9.33. The molecule has 8 aromatic rings. The number of allylic oxidation sites excluding steroid dienone is 4. The minimum Gasteiger partial charge on any atom is -0.311 e. The van der Waals surface area contributed by atoms with Gasteiger partial charge in [0.25, 0.3) is 6.71 Å². The molecule has 0 amide bonds. The third-order valence-electron chi connectivity index (χ3n) is 11.9. The summed E-state index contributed by atoms with van der Waals surface area (Å²) in [5, 5.41) is 0. The molecule has 11 rings (SSSR count). The van der Waals surface area contributed by atoms with Gasteiger partial charge in [0.05, 0.1) is 0 Å². The number of nitrogens with zero attached hydrogens (tertiary/aromatic N) is 3. The van der Waals surface area contributed by atoms with Crippen LogP contribution in [-0.2, 0) is 0 Å². The lowest BCUT2D eigenvalue weighted by Crippen LogP contribution is -2.61. The lowest BCUT2D eigenvalue weighted by molar-refractivity contribution is 1.05. The van der Waals surface area contributed by atoms with Crippen LogP contribution in [0.2, 0.25) is 0 Å². The molecule has 0 aromatic heterocycles. The van der Waals surface area contributed by atoms with Gasteiger partial charge < -0.3 is 14.7 Å². The maximum atomic E-state index is 2.52. The minimum absolute atomic E-state index is 0.0163. The molecule has 3 nitrogen and oxygen atoms in total. The summed E-state index contributed by atoms with van der Waals surface area (Å²) in [6, 6.07) is 73.3. The average Bonchev–Trinajstić information content (AvgIpc) is 3.30. The predicted molar refractivity (Wildman–Crippen MR) is 247 cm³/mol. The highest BCUT2D eigenvalue weighted by Crippen LogP contribution is 2.46. The molecule has 0 unspecified atom stereocenters. The van der Waals surface area contributed by atoms with Gasteiger partial charge in [0.15, 0.2) is 0 Å². The molecule has 0 radical (unpaired) electrons. The Balaban J connectivity index is 1.16. The van der Waals surface area contributed by atoms with Crippen LogP contribution >= 0.6 is 0 Å². The Morgan fingerprint density at radius 1 is 0.414 bits per heavy atom. The monoisotopic (exact) mass is 741 g/mol. The van der Waals surface area contributed by atoms with Gasteiger partial charge in [-0.15, -0.1) is 0 Å². The molecule has 4 heteroatoms. The first-order chi connectivity index (χ1) is 28.8. The molecule has 3 aliphatic rings. The van der Waals surface area contributed by atoms with Gasteiger partial charge in [-0.1, -0.05) is 140 Å². The summed E-state index contributed by atoms with van der Waals surface area (Å²) in [4.78, 5) is 7.37. The average molecular weight is 742 g/mol. The van der Waals surface area contributed by atoms with Crippen molar-refractivity contribution >= 4 is 79.9 Å². The van der Waals surface area contributed by atoms with Crippen molar-refractivity contribution in [1.82, 2.24) is 0 Å². The molecule has 0 N–H and O–H groups in total. The van der Waals surface area contributed by atoms with Gasteiger partial charge in [-0.05, 0) is 130 Å². The first kappa shape index (κ1) is 34.0. The van der Waals surface area contributed by atoms with E-state index in [1.54, 1.807) is 0 Å². The molecule has 274 valence electrons. The summed E-state index contributed by atoms with van der Waals surface area (Å²) in [5.74, 6) is 0. The van der Waals surface area contributed by atoms with Crippen LogP contribution in [0, 0.1) is 0 Å². The Kier molecular flexibility index (Phi) is 8.40. The first-order valence-corrected chi connectivity index (χ1v) is 20.3. The van der Waals surface area contributed by atoms with Gasteiger partial charge in [-0.3, -0.25) is 0 Å². The van der Waals surface area contributed by atoms with E-state index in [2.05, 4.69) is 233 Å². The van der Waals surface area contributed by atoms with E-state index in [1.807, 2.05) is 0 Å². The Morgan fingerprint density at radius 3 is 1.66 bits per heavy atom. The molecular weight excluding hydrogens is 701 g/mol. The van der Waals surface area contributed by atoms with E-state index < -0.39 is 0 Å². The van der Waals surface area contributed by atoms with E-state index in [0.717, 1.165) is 35.6 Å². The SMILES string of the molecule is C1=CCCC(c2cccc(N3c4cc(-c5ccccc5)ccc4B4c5ccc(N(c6ccccc6)c6ccccc6)cc5N(c5ccccc5)c5cccc3c54)c2)=C1. The van der Waals surface area contributed by atoms with Crippen LogP contribution in [0.15, 0.2) is 218 Å². The van der Waals surface area contributed by atoms with Crippen molar-refractivity contribution in [2.24, 2.45) is 0 Å². The van der Waals surface area contributed by atoms with Crippen LogP contribution in [0.5, 0.6) is 0 Å². The quantitative estimate of drug-likeness (QED) is 0.151. The molecule has 2 heterocycles. The van der Waals surface area contributed by atoms with Crippen LogP contribution in [0.1, 0.15) is 18.4 Å². The molecule has 0 saturated heterocycles. The van der Waals surface area contributed by atoms with Crippen molar-refractivity contribution in [2.75, 3.05) is 14.7 Å². The Morgan fingerprint density at radius 2 is 0.983 bits per heavy atom. The lowest BCUT2D eigenvalue weighted by Gasteiger charge is -2.44. The first-order valence-electron chi connectivity index (χ1n) is 20.3. The van der Waals surface area contributed by atoms with Gasteiger partial charge in [0, 0.05) is 51.2 Å². The second-order valence-electron chi connectivity index (χ2n) is 15.2. The minimum atomic E-state index is 0.0163. The predicted octanol–water partition coefficient (Wildman–Crippen LogP) is 12.6. The maximum absolute atomic E-state index is 2.52. The fraction of sp³-hybridized carbons (Fsp3) is 0.0370. The normalized spacial score (nSPS) is 13.7. The van der Waals surface area contributed by atoms with Gasteiger partial charge in [0.1, 0.15) is 0 Å². The van der Waals surface area contributed by atoms with Gasteiger partial charge in [0.2, 0.25) is 0 Å². The van der Waals surface area contributed by atoms with Gasteiger partial charge in [-0.2, -0.15) is 0 Å². The molecule has 1 aliphatic carbocycles. The molecule has 0 spiro atoms. The van der Waals surface area contributed by atoms with Crippen molar-refractivity contribution in [2.45, 2.75) is 12.8 Å². The van der Waals surface area contributed by atoms with Gasteiger partial charge >= 0.3 is 0 Å². The standard InChI is InChI=1S/C54H40BN3/c1-6-18-39(19-7-1)41-22-16-29-46(36-41)58-51-31-17-30-50-54(51)55(48-34-32-42(37-52(48)58)40-20-8-2-9-21-40)49-35-33-47(38-53(49)57(50)45-27-14-5-15-28-45)56(43-23-10-3-11-24-43)44-25-12-4-13-26-44/h1-6,8-18,20-38H,7,19H2. The Labute approximate surface area is 341 Å². The fourth-order valence-electron chi connectivity index (χ4n) is 9.29. The van der Waals surface area contributed by atoms with E-state index in [1.165, 1.54) is 67.1 Å². The van der Waals surface area contributed by atoms with E-state index in [9.17, 15) is 0 Å². The van der Waals surface area contributed by atoms with Crippen LogP contribution in [0.25, 0.3) is 16.7 Å². The molecule has 0 atom stereocenters. The van der Waals surface area contributed by atoms with Crippen molar-refractivity contribution in [3.8, 4) is 11.1 Å². The molecule has 2 aliphatic heterocycles. The smallest absolute Gasteiger partial charge is 0.252 e. The van der Waals surface area contributed by atoms with Crippen LogP contribution in [-0.4, -0.2) is 6.71 Å². The van der Waals surface area contributed by atoms with Crippen LogP contribution in [0.4, 0.5) is 51.2 Å². The highest BCUT2D eigenvalue weighted by molar-refractivity contribution is 7.00. The Hall–Kier alpha value is -7.30. The summed E-state index contributed by atoms with van der Waals surface area (Å²) in [6.45, 7) is 0.0163. The van der Waals surface area contributed by atoms with E-state index >= 15 is 0 Å². The summed E-state index contributed by atoms with van der Waals surface area (Å²) in [7, 11) is 0. The van der Waals surface area contributed by atoms with E-state index in [-0.39, 0.29) is 6.71 Å². The molecule has 8 aromatic carbocycles. The summed E-state index contributed by atoms with van der Waals surface area (Å²) >= 11 is 0. The second-order valence-corrected chi connectivity index (χ2v) is 15.2. The number of anilines is 9. The van der Waals surface area contributed by atoms with E-state index in [0.29, 0.717) is 0 Å². The number of para-hydroxylation sites is 3. The van der Waals surface area contributed by atoms with Crippen molar-refractivity contribution in [3.05, 3.63) is 224 Å². The summed E-state index contributed by atoms with van der Waals surface area (Å²) < 4.78 is 0. The van der Waals surface area contributed by atoms with Crippen molar-refractivity contribution < 1.29 is 0 Å². The molecule has 58 heavy (non-hydrogen) atoms. The second kappa shape index (κ2) is 14.3. The Bertz CT molecular complexity index is 2810. The van der Waals surface area contributed by atoms with Crippen molar-refractivity contribution in [3.63, 3.8) is 0 Å². The van der Waals surface area contributed by atoms with Crippen LogP contribution < -0.4 is 31.1 Å². The van der Waals surface area contributed by atoms with Crippen LogP contribution in [0.3, 0.4) is 0 Å². The highest BCUT2D eigenvalue weighted by Gasteiger charge is 2.43. The largest absolute Gasteiger partial charge is 0.311 e. The topological polar surface area (TPSA) is 9.72 Å². The number of fused-ring (bicyclic) bond motifs is 4. The van der Waals surface area contributed by atoms with Crippen molar-refractivity contribution in [1.29, 1.82) is 0 Å². The zero-order valence-corrected chi connectivity index (χ0v) is 32.1. The molecule has 0 saturated carbocycles. The fourth-order valence-corrected chi connectivity index (χ4v) is 9.29. The molecule has 0 fully saturated rings.